The van der Waals surface area contributed by atoms with Crippen molar-refractivity contribution in [3.8, 4) is 0 Å². The van der Waals surface area contributed by atoms with Crippen LogP contribution < -0.4 is 0 Å². The van der Waals surface area contributed by atoms with E-state index in [1.807, 2.05) is 23.1 Å². The summed E-state index contributed by atoms with van der Waals surface area (Å²) in [6.45, 7) is 7.51. The highest BCUT2D eigenvalue weighted by Gasteiger charge is 2.31. The van der Waals surface area contributed by atoms with E-state index < -0.39 is 0 Å². The van der Waals surface area contributed by atoms with Crippen LogP contribution in [0.15, 0.2) is 54.6 Å². The fraction of sp³-hybridized carbons (Fsp3) is 0.381. The Labute approximate surface area is 144 Å². The van der Waals surface area contributed by atoms with Crippen molar-refractivity contribution in [3.63, 3.8) is 0 Å². The summed E-state index contributed by atoms with van der Waals surface area (Å²) in [5.74, 6) is 0.222. The summed E-state index contributed by atoms with van der Waals surface area (Å²) in [6.07, 6.45) is 0.946. The van der Waals surface area contributed by atoms with Crippen LogP contribution in [0.2, 0.25) is 0 Å². The van der Waals surface area contributed by atoms with Gasteiger partial charge in [0.05, 0.1) is 0 Å². The van der Waals surface area contributed by atoms with E-state index in [4.69, 9.17) is 0 Å². The van der Waals surface area contributed by atoms with Crippen LogP contribution in [0.25, 0.3) is 0 Å². The first-order chi connectivity index (χ1) is 11.7. The monoisotopic (exact) mass is 322 g/mol. The third-order valence-electron chi connectivity index (χ3n) is 4.97. The molecule has 24 heavy (non-hydrogen) atoms. The summed E-state index contributed by atoms with van der Waals surface area (Å²) in [6, 6.07) is 18.5. The zero-order valence-corrected chi connectivity index (χ0v) is 14.6. The topological polar surface area (TPSA) is 23.6 Å². The SMILES string of the molecule is CCN(CC)C(C(=O)N1CCc2ccccc2C1)c1ccccc1. The molecule has 1 aliphatic rings. The van der Waals surface area contributed by atoms with Gasteiger partial charge in [0.1, 0.15) is 6.04 Å². The van der Waals surface area contributed by atoms with Gasteiger partial charge in [0, 0.05) is 13.1 Å². The van der Waals surface area contributed by atoms with Crippen LogP contribution in [0, 0.1) is 0 Å². The number of carbonyl (C=O) groups is 1. The van der Waals surface area contributed by atoms with Crippen molar-refractivity contribution < 1.29 is 4.79 Å². The number of hydrogen-bond acceptors (Lipinski definition) is 2. The molecule has 1 unspecified atom stereocenters. The van der Waals surface area contributed by atoms with Crippen molar-refractivity contribution in [2.45, 2.75) is 32.9 Å². The van der Waals surface area contributed by atoms with Crippen LogP contribution in [-0.4, -0.2) is 35.3 Å². The normalized spacial score (nSPS) is 15.2. The molecule has 2 aromatic carbocycles. The zero-order valence-electron chi connectivity index (χ0n) is 14.6. The molecule has 126 valence electrons. The summed E-state index contributed by atoms with van der Waals surface area (Å²) in [5.41, 5.74) is 3.74. The Morgan fingerprint density at radius 1 is 1.00 bits per heavy atom. The Kier molecular flexibility index (Phi) is 5.31. The molecule has 3 rings (SSSR count). The fourth-order valence-corrected chi connectivity index (χ4v) is 3.59. The van der Waals surface area contributed by atoms with E-state index in [-0.39, 0.29) is 11.9 Å². The van der Waals surface area contributed by atoms with Crippen molar-refractivity contribution in [1.29, 1.82) is 0 Å². The minimum atomic E-state index is -0.188. The standard InChI is InChI=1S/C21H26N2O/c1-3-22(4-2)20(18-11-6-5-7-12-18)21(24)23-15-14-17-10-8-9-13-19(17)16-23/h5-13,20H,3-4,14-16H2,1-2H3. The van der Waals surface area contributed by atoms with Crippen molar-refractivity contribution in [3.05, 3.63) is 71.3 Å². The Balaban J connectivity index is 1.87. The number of hydrogen-bond donors (Lipinski definition) is 0. The molecule has 1 heterocycles. The molecule has 0 bridgehead atoms. The molecule has 0 aromatic heterocycles. The third kappa shape index (κ3) is 3.36. The molecular formula is C21H26N2O. The lowest BCUT2D eigenvalue weighted by atomic mass is 9.97. The second kappa shape index (κ2) is 7.63. The van der Waals surface area contributed by atoms with Crippen LogP contribution in [0.4, 0.5) is 0 Å². The van der Waals surface area contributed by atoms with Gasteiger partial charge in [-0.2, -0.15) is 0 Å². The number of nitrogens with zero attached hydrogens (tertiary/aromatic N) is 2. The Morgan fingerprint density at radius 3 is 2.29 bits per heavy atom. The molecule has 0 saturated heterocycles. The van der Waals surface area contributed by atoms with Gasteiger partial charge < -0.3 is 4.90 Å². The predicted molar refractivity (Wildman–Crippen MR) is 97.7 cm³/mol. The first-order valence-corrected chi connectivity index (χ1v) is 8.89. The smallest absolute Gasteiger partial charge is 0.244 e. The highest BCUT2D eigenvalue weighted by atomic mass is 16.2. The van der Waals surface area contributed by atoms with Crippen molar-refractivity contribution in [2.75, 3.05) is 19.6 Å². The maximum atomic E-state index is 13.4. The Hall–Kier alpha value is -2.13. The predicted octanol–water partition coefficient (Wildman–Crippen LogP) is 3.65. The minimum Gasteiger partial charge on any atom is -0.336 e. The molecule has 1 atom stereocenters. The molecule has 2 aromatic rings. The lowest BCUT2D eigenvalue weighted by Crippen LogP contribution is -2.45. The summed E-state index contributed by atoms with van der Waals surface area (Å²) >= 11 is 0. The van der Waals surface area contributed by atoms with E-state index in [0.29, 0.717) is 0 Å². The van der Waals surface area contributed by atoms with Crippen LogP contribution in [0.5, 0.6) is 0 Å². The van der Waals surface area contributed by atoms with Gasteiger partial charge in [0.25, 0.3) is 0 Å². The van der Waals surface area contributed by atoms with Crippen LogP contribution in [-0.2, 0) is 17.8 Å². The molecule has 0 spiro atoms. The molecule has 0 saturated carbocycles. The maximum absolute atomic E-state index is 13.4. The Morgan fingerprint density at radius 2 is 1.62 bits per heavy atom. The first-order valence-electron chi connectivity index (χ1n) is 8.89. The van der Waals surface area contributed by atoms with Crippen molar-refractivity contribution >= 4 is 5.91 Å². The number of amides is 1. The lowest BCUT2D eigenvalue weighted by molar-refractivity contribution is -0.138. The second-order valence-electron chi connectivity index (χ2n) is 6.31. The summed E-state index contributed by atoms with van der Waals surface area (Å²) in [5, 5.41) is 0. The zero-order chi connectivity index (χ0) is 16.9. The molecule has 0 radical (unpaired) electrons. The van der Waals surface area contributed by atoms with Gasteiger partial charge in [-0.1, -0.05) is 68.4 Å². The van der Waals surface area contributed by atoms with E-state index >= 15 is 0 Å². The molecule has 0 aliphatic carbocycles. The van der Waals surface area contributed by atoms with Gasteiger partial charge >= 0.3 is 0 Å². The Bertz CT molecular complexity index is 679. The average Bonchev–Trinajstić information content (AvgIpc) is 2.65. The van der Waals surface area contributed by atoms with Gasteiger partial charge in [-0.3, -0.25) is 9.69 Å². The molecule has 3 heteroatoms. The lowest BCUT2D eigenvalue weighted by Gasteiger charge is -2.36. The van der Waals surface area contributed by atoms with E-state index in [0.717, 1.165) is 38.2 Å². The summed E-state index contributed by atoms with van der Waals surface area (Å²) in [4.78, 5) is 17.6. The highest BCUT2D eigenvalue weighted by molar-refractivity contribution is 5.83. The first kappa shape index (κ1) is 16.7. The summed E-state index contributed by atoms with van der Waals surface area (Å²) in [7, 11) is 0. The van der Waals surface area contributed by atoms with E-state index in [9.17, 15) is 4.79 Å². The molecule has 0 fully saturated rings. The number of rotatable bonds is 5. The van der Waals surface area contributed by atoms with Gasteiger partial charge in [-0.05, 0) is 36.2 Å². The highest BCUT2D eigenvalue weighted by Crippen LogP contribution is 2.26. The van der Waals surface area contributed by atoms with E-state index in [1.165, 1.54) is 11.1 Å². The molecule has 3 nitrogen and oxygen atoms in total. The maximum Gasteiger partial charge on any atom is 0.244 e. The number of fused-ring (bicyclic) bond motifs is 1. The van der Waals surface area contributed by atoms with Crippen molar-refractivity contribution in [2.24, 2.45) is 0 Å². The summed E-state index contributed by atoms with van der Waals surface area (Å²) < 4.78 is 0. The van der Waals surface area contributed by atoms with Crippen LogP contribution >= 0.6 is 0 Å². The second-order valence-corrected chi connectivity index (χ2v) is 6.31. The van der Waals surface area contributed by atoms with Gasteiger partial charge in [-0.25, -0.2) is 0 Å². The van der Waals surface area contributed by atoms with Gasteiger partial charge in [-0.15, -0.1) is 0 Å². The van der Waals surface area contributed by atoms with Crippen LogP contribution in [0.3, 0.4) is 0 Å². The van der Waals surface area contributed by atoms with E-state index in [1.54, 1.807) is 0 Å². The van der Waals surface area contributed by atoms with Crippen LogP contribution in [0.1, 0.15) is 36.6 Å². The largest absolute Gasteiger partial charge is 0.336 e. The molecule has 1 aliphatic heterocycles. The average molecular weight is 322 g/mol. The van der Waals surface area contributed by atoms with Gasteiger partial charge in [0.2, 0.25) is 5.91 Å². The van der Waals surface area contributed by atoms with Gasteiger partial charge in [0.15, 0.2) is 0 Å². The number of likely N-dealkylation sites (N-methyl/N-ethyl adjacent to an activating group) is 1. The van der Waals surface area contributed by atoms with Crippen molar-refractivity contribution in [1.82, 2.24) is 9.80 Å². The van der Waals surface area contributed by atoms with E-state index in [2.05, 4.69) is 55.1 Å². The minimum absolute atomic E-state index is 0.188. The molecule has 1 amide bonds. The fourth-order valence-electron chi connectivity index (χ4n) is 3.59. The molecular weight excluding hydrogens is 296 g/mol. The third-order valence-corrected chi connectivity index (χ3v) is 4.97. The quantitative estimate of drug-likeness (QED) is 0.839. The molecule has 0 N–H and O–H groups in total. The number of carbonyl (C=O) groups excluding carboxylic acids is 1. The number of benzene rings is 2.